The smallest absolute Gasteiger partial charge is 0.331 e. The van der Waals surface area contributed by atoms with Crippen LogP contribution in [-0.2, 0) is 19.9 Å². The van der Waals surface area contributed by atoms with Crippen molar-refractivity contribution in [3.8, 4) is 11.1 Å². The summed E-state index contributed by atoms with van der Waals surface area (Å²) >= 11 is 3.37. The normalized spacial score (nSPS) is 14.5. The topological polar surface area (TPSA) is 89.6 Å². The van der Waals surface area contributed by atoms with Crippen molar-refractivity contribution in [1.82, 2.24) is 0 Å². The molecular weight excluding hydrogens is 446 g/mol. The Labute approximate surface area is 182 Å². The van der Waals surface area contributed by atoms with E-state index in [2.05, 4.69) is 28.1 Å². The molecule has 0 unspecified atom stereocenters. The van der Waals surface area contributed by atoms with Gasteiger partial charge in [-0.3, -0.25) is 4.79 Å². The summed E-state index contributed by atoms with van der Waals surface area (Å²) in [4.78, 5) is 24.6. The van der Waals surface area contributed by atoms with Crippen LogP contribution >= 0.6 is 15.9 Å². The lowest BCUT2D eigenvalue weighted by molar-refractivity contribution is -0.155. The van der Waals surface area contributed by atoms with Gasteiger partial charge < -0.3 is 15.6 Å². The van der Waals surface area contributed by atoms with Crippen LogP contribution in [0.5, 0.6) is 0 Å². The Morgan fingerprint density at radius 3 is 2.03 bits per heavy atom. The van der Waals surface area contributed by atoms with Gasteiger partial charge in [-0.05, 0) is 33.9 Å². The van der Waals surface area contributed by atoms with E-state index in [4.69, 9.17) is 10.5 Å². The van der Waals surface area contributed by atoms with E-state index in [1.54, 1.807) is 24.3 Å². The molecule has 0 bridgehead atoms. The van der Waals surface area contributed by atoms with E-state index in [1.807, 2.05) is 36.4 Å². The van der Waals surface area contributed by atoms with Gasteiger partial charge in [0, 0.05) is 10.4 Å². The van der Waals surface area contributed by atoms with Crippen molar-refractivity contribution in [3.05, 3.63) is 94.0 Å². The number of hydrogen-bond acceptors (Lipinski definition) is 4. The van der Waals surface area contributed by atoms with Crippen LogP contribution in [-0.4, -0.2) is 23.7 Å². The SMILES string of the molecule is N[C@](CC(=O)O)(C(=O)OCC1c2ccccc2-c2ccccc21)c1ccccc1Br. The van der Waals surface area contributed by atoms with Crippen LogP contribution in [0.25, 0.3) is 11.1 Å². The molecule has 6 heteroatoms. The van der Waals surface area contributed by atoms with E-state index in [9.17, 15) is 14.7 Å². The van der Waals surface area contributed by atoms with Gasteiger partial charge in [0.1, 0.15) is 6.61 Å². The molecule has 0 amide bonds. The standard InChI is InChI=1S/C24H20BrNO4/c25-21-12-6-5-11-20(21)24(26,13-22(27)28)23(29)30-14-19-17-9-3-1-7-15(17)16-8-2-4-10-18(16)19/h1-12,19H,13-14,26H2,(H,27,28)/t24-/m0/s1. The maximum absolute atomic E-state index is 13.1. The number of benzene rings is 3. The molecule has 1 atom stereocenters. The third-order valence-corrected chi connectivity index (χ3v) is 6.18. The van der Waals surface area contributed by atoms with Crippen molar-refractivity contribution in [2.24, 2.45) is 5.73 Å². The Balaban J connectivity index is 1.63. The minimum atomic E-state index is -1.80. The highest BCUT2D eigenvalue weighted by atomic mass is 79.9. The Hall–Kier alpha value is -2.96. The fraction of sp³-hybridized carbons (Fsp3) is 0.167. The van der Waals surface area contributed by atoms with Gasteiger partial charge in [-0.15, -0.1) is 0 Å². The lowest BCUT2D eigenvalue weighted by Gasteiger charge is -2.28. The molecule has 0 heterocycles. The lowest BCUT2D eigenvalue weighted by atomic mass is 9.87. The number of halogens is 1. The molecule has 3 aromatic carbocycles. The Morgan fingerprint density at radius 2 is 1.47 bits per heavy atom. The Bertz CT molecular complexity index is 1080. The van der Waals surface area contributed by atoms with Gasteiger partial charge in [0.25, 0.3) is 0 Å². The summed E-state index contributed by atoms with van der Waals surface area (Å²) < 4.78 is 6.22. The number of nitrogens with two attached hydrogens (primary N) is 1. The van der Waals surface area contributed by atoms with Crippen LogP contribution in [0.1, 0.15) is 29.0 Å². The molecule has 0 aromatic heterocycles. The minimum absolute atomic E-state index is 0.0792. The molecule has 30 heavy (non-hydrogen) atoms. The number of esters is 1. The summed E-state index contributed by atoms with van der Waals surface area (Å²) in [5, 5.41) is 9.39. The molecule has 0 saturated carbocycles. The highest BCUT2D eigenvalue weighted by Gasteiger charge is 2.42. The number of fused-ring (bicyclic) bond motifs is 3. The van der Waals surface area contributed by atoms with E-state index >= 15 is 0 Å². The molecule has 3 aromatic rings. The molecule has 152 valence electrons. The van der Waals surface area contributed by atoms with E-state index in [0.29, 0.717) is 10.0 Å². The second kappa shape index (κ2) is 8.05. The first kappa shape index (κ1) is 20.3. The van der Waals surface area contributed by atoms with Crippen LogP contribution in [0.2, 0.25) is 0 Å². The zero-order valence-electron chi connectivity index (χ0n) is 16.0. The van der Waals surface area contributed by atoms with E-state index in [-0.39, 0.29) is 12.5 Å². The van der Waals surface area contributed by atoms with E-state index < -0.39 is 23.9 Å². The second-order valence-electron chi connectivity index (χ2n) is 7.35. The van der Waals surface area contributed by atoms with Crippen LogP contribution in [0, 0.1) is 0 Å². The van der Waals surface area contributed by atoms with Crippen LogP contribution in [0.3, 0.4) is 0 Å². The van der Waals surface area contributed by atoms with Gasteiger partial charge in [0.2, 0.25) is 0 Å². The molecule has 3 N–H and O–H groups in total. The minimum Gasteiger partial charge on any atom is -0.481 e. The molecule has 1 aliphatic carbocycles. The first-order chi connectivity index (χ1) is 14.4. The number of carboxylic acids is 1. The summed E-state index contributed by atoms with van der Waals surface area (Å²) in [7, 11) is 0. The second-order valence-corrected chi connectivity index (χ2v) is 8.20. The van der Waals surface area contributed by atoms with Gasteiger partial charge >= 0.3 is 11.9 Å². The predicted octanol–water partition coefficient (Wildman–Crippen LogP) is 4.43. The monoisotopic (exact) mass is 465 g/mol. The molecule has 0 saturated heterocycles. The quantitative estimate of drug-likeness (QED) is 0.525. The number of ether oxygens (including phenoxy) is 1. The number of carboxylic acid groups (broad SMARTS) is 1. The maximum atomic E-state index is 13.1. The zero-order valence-corrected chi connectivity index (χ0v) is 17.6. The summed E-state index contributed by atoms with van der Waals surface area (Å²) in [6.45, 7) is 0.0792. The van der Waals surface area contributed by atoms with Gasteiger partial charge in [0.05, 0.1) is 6.42 Å². The number of hydrogen-bond donors (Lipinski definition) is 2. The summed E-state index contributed by atoms with van der Waals surface area (Å²) in [6, 6.07) is 22.9. The first-order valence-electron chi connectivity index (χ1n) is 9.53. The predicted molar refractivity (Wildman–Crippen MR) is 117 cm³/mol. The van der Waals surface area contributed by atoms with Crippen molar-refractivity contribution < 1.29 is 19.4 Å². The van der Waals surface area contributed by atoms with Crippen LogP contribution < -0.4 is 5.73 Å². The van der Waals surface area contributed by atoms with Gasteiger partial charge in [-0.2, -0.15) is 0 Å². The molecule has 1 aliphatic rings. The van der Waals surface area contributed by atoms with Crippen molar-refractivity contribution >= 4 is 27.9 Å². The molecular formula is C24H20BrNO4. The first-order valence-corrected chi connectivity index (χ1v) is 10.3. The Morgan fingerprint density at radius 1 is 0.933 bits per heavy atom. The van der Waals surface area contributed by atoms with Gasteiger partial charge in [-0.1, -0.05) is 82.7 Å². The number of rotatable bonds is 6. The third kappa shape index (κ3) is 3.53. The molecule has 0 fully saturated rings. The number of carbonyl (C=O) groups excluding carboxylic acids is 1. The molecule has 0 aliphatic heterocycles. The number of carbonyl (C=O) groups is 2. The van der Waals surface area contributed by atoms with Gasteiger partial charge in [0.15, 0.2) is 5.54 Å². The summed E-state index contributed by atoms with van der Waals surface area (Å²) in [5.41, 5.74) is 9.32. The Kier molecular flexibility index (Phi) is 5.45. The lowest BCUT2D eigenvalue weighted by Crippen LogP contribution is -2.48. The van der Waals surface area contributed by atoms with Crippen LogP contribution in [0.4, 0.5) is 0 Å². The summed E-state index contributed by atoms with van der Waals surface area (Å²) in [6.07, 6.45) is -0.577. The van der Waals surface area contributed by atoms with Crippen molar-refractivity contribution in [1.29, 1.82) is 0 Å². The highest BCUT2D eigenvalue weighted by Crippen LogP contribution is 2.44. The summed E-state index contributed by atoms with van der Waals surface area (Å²) in [5.74, 6) is -2.07. The molecule has 4 rings (SSSR count). The fourth-order valence-electron chi connectivity index (χ4n) is 4.07. The van der Waals surface area contributed by atoms with Crippen molar-refractivity contribution in [3.63, 3.8) is 0 Å². The average molecular weight is 466 g/mol. The number of aliphatic carboxylic acids is 1. The molecule has 0 spiro atoms. The zero-order chi connectivity index (χ0) is 21.3. The van der Waals surface area contributed by atoms with E-state index in [0.717, 1.165) is 22.3 Å². The maximum Gasteiger partial charge on any atom is 0.331 e. The molecule has 5 nitrogen and oxygen atoms in total. The van der Waals surface area contributed by atoms with Crippen molar-refractivity contribution in [2.75, 3.05) is 6.61 Å². The highest BCUT2D eigenvalue weighted by molar-refractivity contribution is 9.10. The van der Waals surface area contributed by atoms with Crippen molar-refractivity contribution in [2.45, 2.75) is 17.9 Å². The van der Waals surface area contributed by atoms with E-state index in [1.165, 1.54) is 0 Å². The average Bonchev–Trinajstić information content (AvgIpc) is 3.05. The molecule has 0 radical (unpaired) electrons. The van der Waals surface area contributed by atoms with Gasteiger partial charge in [-0.25, -0.2) is 4.79 Å². The third-order valence-electron chi connectivity index (χ3n) is 5.49. The largest absolute Gasteiger partial charge is 0.481 e. The fourth-order valence-corrected chi connectivity index (χ4v) is 4.70. The van der Waals surface area contributed by atoms with Crippen LogP contribution in [0.15, 0.2) is 77.3 Å².